The SMILES string of the molecule is C=C1CC(=C)C(n2cc[n+](C3C(=C)CC(=C)CC3=C)c2)C(=C)C1.[Cl-]. The third-order valence-corrected chi connectivity index (χ3v) is 4.73. The van der Waals surface area contributed by atoms with Crippen molar-refractivity contribution in [2.45, 2.75) is 37.8 Å². The van der Waals surface area contributed by atoms with Crippen molar-refractivity contribution >= 4 is 0 Å². The second-order valence-corrected chi connectivity index (χ2v) is 6.95. The fourth-order valence-electron chi connectivity index (χ4n) is 3.91. The van der Waals surface area contributed by atoms with Gasteiger partial charge >= 0.3 is 0 Å². The van der Waals surface area contributed by atoms with Gasteiger partial charge in [0.25, 0.3) is 0 Å². The number of aromatic nitrogens is 2. The van der Waals surface area contributed by atoms with Gasteiger partial charge < -0.3 is 12.4 Å². The summed E-state index contributed by atoms with van der Waals surface area (Å²) in [5, 5.41) is 0. The molecule has 3 heteroatoms. The van der Waals surface area contributed by atoms with Crippen LogP contribution in [0.25, 0.3) is 0 Å². The van der Waals surface area contributed by atoms with Crippen LogP contribution in [0.1, 0.15) is 37.8 Å². The van der Waals surface area contributed by atoms with Gasteiger partial charge in [-0.3, -0.25) is 0 Å². The monoisotopic (exact) mass is 340 g/mol. The third kappa shape index (κ3) is 3.25. The molecule has 0 spiro atoms. The van der Waals surface area contributed by atoms with Gasteiger partial charge in [0.15, 0.2) is 0 Å². The van der Waals surface area contributed by atoms with E-state index in [1.165, 1.54) is 11.1 Å². The van der Waals surface area contributed by atoms with Crippen molar-refractivity contribution in [3.8, 4) is 0 Å². The van der Waals surface area contributed by atoms with Gasteiger partial charge in [-0.05, 0) is 48.0 Å². The van der Waals surface area contributed by atoms with Gasteiger partial charge in [-0.1, -0.05) is 50.6 Å². The molecule has 0 N–H and O–H groups in total. The molecule has 2 aliphatic rings. The molecular weight excluding hydrogens is 316 g/mol. The summed E-state index contributed by atoms with van der Waals surface area (Å²) in [6, 6.07) is 0.309. The molecule has 0 amide bonds. The molecule has 3 rings (SSSR count). The van der Waals surface area contributed by atoms with E-state index in [1.54, 1.807) is 0 Å². The minimum atomic E-state index is 0. The summed E-state index contributed by atoms with van der Waals surface area (Å²) in [5.41, 5.74) is 7.02. The Hall–Kier alpha value is -2.06. The molecule has 1 aromatic rings. The maximum atomic E-state index is 4.24. The van der Waals surface area contributed by atoms with Crippen molar-refractivity contribution in [1.82, 2.24) is 4.57 Å². The average Bonchev–Trinajstić information content (AvgIpc) is 2.85. The first-order valence-electron chi connectivity index (χ1n) is 7.99. The van der Waals surface area contributed by atoms with Crippen LogP contribution in [0.15, 0.2) is 91.6 Å². The van der Waals surface area contributed by atoms with E-state index in [4.69, 9.17) is 0 Å². The number of imidazole rings is 1. The van der Waals surface area contributed by atoms with Crippen LogP contribution in [0, 0.1) is 0 Å². The highest BCUT2D eigenvalue weighted by atomic mass is 35.5. The fraction of sp³-hybridized carbons (Fsp3) is 0.286. The summed E-state index contributed by atoms with van der Waals surface area (Å²) in [6.07, 6.45) is 9.84. The van der Waals surface area contributed by atoms with Gasteiger partial charge in [0.05, 0.1) is 0 Å². The van der Waals surface area contributed by atoms with Crippen LogP contribution in [0.3, 0.4) is 0 Å². The maximum Gasteiger partial charge on any atom is 0.245 e. The molecule has 0 radical (unpaired) electrons. The molecule has 2 aliphatic carbocycles. The van der Waals surface area contributed by atoms with Crippen molar-refractivity contribution in [1.29, 1.82) is 0 Å². The molecule has 1 heterocycles. The smallest absolute Gasteiger partial charge is 0.245 e. The highest BCUT2D eigenvalue weighted by molar-refractivity contribution is 5.33. The highest BCUT2D eigenvalue weighted by Crippen LogP contribution is 2.38. The van der Waals surface area contributed by atoms with E-state index in [0.717, 1.165) is 48.0 Å². The first-order valence-corrected chi connectivity index (χ1v) is 7.99. The number of nitrogens with zero attached hydrogens (tertiary/aromatic N) is 2. The van der Waals surface area contributed by atoms with Crippen molar-refractivity contribution in [2.24, 2.45) is 0 Å². The van der Waals surface area contributed by atoms with E-state index in [-0.39, 0.29) is 24.5 Å². The zero-order chi connectivity index (χ0) is 16.7. The summed E-state index contributed by atoms with van der Waals surface area (Å²) in [7, 11) is 0. The lowest BCUT2D eigenvalue weighted by Gasteiger charge is -2.27. The maximum absolute atomic E-state index is 4.24. The van der Waals surface area contributed by atoms with Crippen molar-refractivity contribution in [2.75, 3.05) is 0 Å². The molecule has 2 saturated carbocycles. The standard InChI is InChI=1S/C21H25N2.ClH/c1-14-9-16(3)20(17(4)10-14)22-7-8-23(13-22)21-18(5)11-15(2)12-19(21)6;/h7-8,13,20-21H,1-6,9-12H2;1H/q+1;/p-1. The molecule has 2 nitrogen and oxygen atoms in total. The van der Waals surface area contributed by atoms with Crippen LogP contribution in [-0.2, 0) is 0 Å². The quantitative estimate of drug-likeness (QED) is 0.573. The Kier molecular flexibility index (Phi) is 5.19. The molecular formula is C21H25ClN2. The van der Waals surface area contributed by atoms with Crippen LogP contribution in [-0.4, -0.2) is 4.57 Å². The molecule has 1 aromatic heterocycles. The van der Waals surface area contributed by atoms with Crippen LogP contribution in [0.5, 0.6) is 0 Å². The normalized spacial score (nSPS) is 20.5. The molecule has 0 aromatic carbocycles. The second-order valence-electron chi connectivity index (χ2n) is 6.95. The van der Waals surface area contributed by atoms with Crippen molar-refractivity contribution in [3.05, 3.63) is 91.6 Å². The third-order valence-electron chi connectivity index (χ3n) is 4.73. The number of rotatable bonds is 2. The zero-order valence-electron chi connectivity index (χ0n) is 14.2. The number of hydrogen-bond donors (Lipinski definition) is 0. The number of allylic oxidation sites excluding steroid dienone is 6. The van der Waals surface area contributed by atoms with Crippen LogP contribution >= 0.6 is 0 Å². The Morgan fingerprint density at radius 1 is 0.792 bits per heavy atom. The van der Waals surface area contributed by atoms with Crippen LogP contribution < -0.4 is 17.0 Å². The molecule has 0 unspecified atom stereocenters. The summed E-state index contributed by atoms with van der Waals surface area (Å²) in [4.78, 5) is 0. The Morgan fingerprint density at radius 3 is 1.75 bits per heavy atom. The molecule has 0 saturated heterocycles. The lowest BCUT2D eigenvalue weighted by atomic mass is 9.84. The first-order chi connectivity index (χ1) is 10.9. The Balaban J connectivity index is 0.00000208. The number of halogens is 1. The van der Waals surface area contributed by atoms with Gasteiger partial charge in [-0.25, -0.2) is 9.13 Å². The Labute approximate surface area is 151 Å². The molecule has 2 fully saturated rings. The summed E-state index contributed by atoms with van der Waals surface area (Å²) in [6.45, 7) is 25.1. The predicted octanol–water partition coefficient (Wildman–Crippen LogP) is 1.79. The average molecular weight is 341 g/mol. The molecule has 0 aliphatic heterocycles. The van der Waals surface area contributed by atoms with E-state index in [9.17, 15) is 0 Å². The Bertz CT molecular complexity index is 660. The van der Waals surface area contributed by atoms with Crippen molar-refractivity contribution in [3.63, 3.8) is 0 Å². The molecule has 24 heavy (non-hydrogen) atoms. The van der Waals surface area contributed by atoms with Crippen molar-refractivity contribution < 1.29 is 17.0 Å². The molecule has 0 bridgehead atoms. The van der Waals surface area contributed by atoms with E-state index >= 15 is 0 Å². The minimum absolute atomic E-state index is 0. The van der Waals surface area contributed by atoms with Gasteiger partial charge in [-0.2, -0.15) is 0 Å². The fourth-order valence-corrected chi connectivity index (χ4v) is 3.91. The van der Waals surface area contributed by atoms with Gasteiger partial charge in [0.1, 0.15) is 24.5 Å². The zero-order valence-corrected chi connectivity index (χ0v) is 15.0. The highest BCUT2D eigenvalue weighted by Gasteiger charge is 2.32. The van der Waals surface area contributed by atoms with Crippen LogP contribution in [0.4, 0.5) is 0 Å². The van der Waals surface area contributed by atoms with Gasteiger partial charge in [0.2, 0.25) is 6.33 Å². The van der Waals surface area contributed by atoms with Gasteiger partial charge in [0, 0.05) is 0 Å². The molecule has 126 valence electrons. The summed E-state index contributed by atoms with van der Waals surface area (Å²) in [5.74, 6) is 0. The lowest BCUT2D eigenvalue weighted by molar-refractivity contribution is -0.706. The lowest BCUT2D eigenvalue weighted by Crippen LogP contribution is -3.00. The van der Waals surface area contributed by atoms with E-state index in [2.05, 4.69) is 67.3 Å². The van der Waals surface area contributed by atoms with Crippen LogP contribution in [0.2, 0.25) is 0 Å². The summed E-state index contributed by atoms with van der Waals surface area (Å²) < 4.78 is 4.39. The molecule has 0 atom stereocenters. The van der Waals surface area contributed by atoms with E-state index < -0.39 is 0 Å². The number of hydrogen-bond acceptors (Lipinski definition) is 0. The predicted molar refractivity (Wildman–Crippen MR) is 96.0 cm³/mol. The minimum Gasteiger partial charge on any atom is -1.00 e. The first kappa shape index (κ1) is 18.3. The van der Waals surface area contributed by atoms with E-state index in [1.807, 2.05) is 0 Å². The topological polar surface area (TPSA) is 8.81 Å². The van der Waals surface area contributed by atoms with E-state index in [0.29, 0.717) is 0 Å². The Morgan fingerprint density at radius 2 is 1.25 bits per heavy atom. The summed E-state index contributed by atoms with van der Waals surface area (Å²) >= 11 is 0. The van der Waals surface area contributed by atoms with Gasteiger partial charge in [-0.15, -0.1) is 0 Å². The largest absolute Gasteiger partial charge is 1.00 e. The second kappa shape index (κ2) is 6.82.